The van der Waals surface area contributed by atoms with Gasteiger partial charge in [0.15, 0.2) is 17.5 Å². The predicted molar refractivity (Wildman–Crippen MR) is 248 cm³/mol. The quantitative estimate of drug-likeness (QED) is 0.154. The SMILES string of the molecule is c1ccc(-c2ccc(-c3nc(-c4ccccc4)nc(-c4ccc(-c5ccc6c(c5)nc(-c5ccccc5)c5c(-c7ccccc7)c(-c7ccccc7)oc56)cc4)n3)cc2)cc1. The molecule has 5 nitrogen and oxygen atoms in total. The number of furan rings is 1. The number of pyridine rings is 1. The molecule has 0 atom stereocenters. The molecule has 0 amide bonds. The molecule has 0 radical (unpaired) electrons. The number of nitrogens with zero attached hydrogens (tertiary/aromatic N) is 4. The van der Waals surface area contributed by atoms with E-state index in [1.165, 1.54) is 0 Å². The lowest BCUT2D eigenvalue weighted by Gasteiger charge is -2.11. The highest BCUT2D eigenvalue weighted by Gasteiger charge is 2.24. The topological polar surface area (TPSA) is 64.7 Å². The maximum Gasteiger partial charge on any atom is 0.164 e. The lowest BCUT2D eigenvalue weighted by atomic mass is 9.94. The fourth-order valence-electron chi connectivity index (χ4n) is 8.10. The molecular weight excluding hydrogens is 745 g/mol. The van der Waals surface area contributed by atoms with Gasteiger partial charge in [-0.2, -0.15) is 0 Å². The van der Waals surface area contributed by atoms with Gasteiger partial charge in [-0.25, -0.2) is 19.9 Å². The zero-order chi connectivity index (χ0) is 40.5. The summed E-state index contributed by atoms with van der Waals surface area (Å²) < 4.78 is 6.98. The minimum absolute atomic E-state index is 0.610. The van der Waals surface area contributed by atoms with Crippen LogP contribution >= 0.6 is 0 Å². The summed E-state index contributed by atoms with van der Waals surface area (Å²) in [7, 11) is 0. The zero-order valence-corrected chi connectivity index (χ0v) is 33.0. The Hall–Kier alpha value is -8.28. The lowest BCUT2D eigenvalue weighted by Crippen LogP contribution is -2.00. The Morgan fingerprint density at radius 3 is 1.20 bits per heavy atom. The first-order chi connectivity index (χ1) is 30.2. The first-order valence-electron chi connectivity index (χ1n) is 20.4. The van der Waals surface area contributed by atoms with Gasteiger partial charge in [-0.15, -0.1) is 0 Å². The molecule has 0 aliphatic carbocycles. The Morgan fingerprint density at radius 2 is 0.672 bits per heavy atom. The smallest absolute Gasteiger partial charge is 0.164 e. The van der Waals surface area contributed by atoms with Gasteiger partial charge in [-0.05, 0) is 39.9 Å². The minimum atomic E-state index is 0.610. The zero-order valence-electron chi connectivity index (χ0n) is 33.0. The van der Waals surface area contributed by atoms with Crippen molar-refractivity contribution in [2.45, 2.75) is 0 Å². The normalized spacial score (nSPS) is 11.3. The van der Waals surface area contributed by atoms with E-state index in [0.717, 1.165) is 94.5 Å². The van der Waals surface area contributed by atoms with Crippen molar-refractivity contribution in [3.05, 3.63) is 218 Å². The molecule has 11 aromatic rings. The van der Waals surface area contributed by atoms with Crippen molar-refractivity contribution < 1.29 is 4.42 Å². The molecular formula is C56H36N4O. The van der Waals surface area contributed by atoms with E-state index in [4.69, 9.17) is 24.4 Å². The maximum absolute atomic E-state index is 6.98. The number of benzene rings is 8. The second kappa shape index (κ2) is 15.5. The number of hydrogen-bond acceptors (Lipinski definition) is 5. The van der Waals surface area contributed by atoms with Crippen LogP contribution in [-0.4, -0.2) is 19.9 Å². The molecule has 11 rings (SSSR count). The van der Waals surface area contributed by atoms with E-state index in [-0.39, 0.29) is 0 Å². The fraction of sp³-hybridized carbons (Fsp3) is 0. The van der Waals surface area contributed by atoms with Crippen LogP contribution in [0.1, 0.15) is 0 Å². The largest absolute Gasteiger partial charge is 0.455 e. The first-order valence-corrected chi connectivity index (χ1v) is 20.4. The second-order valence-corrected chi connectivity index (χ2v) is 15.0. The van der Waals surface area contributed by atoms with E-state index in [2.05, 4.69) is 164 Å². The van der Waals surface area contributed by atoms with Crippen molar-refractivity contribution in [3.63, 3.8) is 0 Å². The first kappa shape index (κ1) is 35.8. The van der Waals surface area contributed by atoms with Gasteiger partial charge in [0.2, 0.25) is 0 Å². The number of fused-ring (bicyclic) bond motifs is 3. The predicted octanol–water partition coefficient (Wildman–Crippen LogP) is 14.5. The Kier molecular flexibility index (Phi) is 9.10. The van der Waals surface area contributed by atoms with E-state index >= 15 is 0 Å². The van der Waals surface area contributed by atoms with Gasteiger partial charge in [0, 0.05) is 38.8 Å². The van der Waals surface area contributed by atoms with Crippen molar-refractivity contribution in [2.24, 2.45) is 0 Å². The minimum Gasteiger partial charge on any atom is -0.455 e. The molecule has 0 fully saturated rings. The Bertz CT molecular complexity index is 3300. The summed E-state index contributed by atoms with van der Waals surface area (Å²) in [6.45, 7) is 0. The molecule has 0 spiro atoms. The molecule has 0 aliphatic heterocycles. The van der Waals surface area contributed by atoms with Crippen LogP contribution in [0.3, 0.4) is 0 Å². The molecule has 0 saturated carbocycles. The highest BCUT2D eigenvalue weighted by atomic mass is 16.3. The Morgan fingerprint density at radius 1 is 0.295 bits per heavy atom. The highest BCUT2D eigenvalue weighted by molar-refractivity contribution is 6.17. The van der Waals surface area contributed by atoms with Crippen molar-refractivity contribution in [1.29, 1.82) is 0 Å². The Labute approximate surface area is 353 Å². The van der Waals surface area contributed by atoms with E-state index in [1.807, 2.05) is 54.6 Å². The molecule has 3 aromatic heterocycles. The summed E-state index contributed by atoms with van der Waals surface area (Å²) >= 11 is 0. The van der Waals surface area contributed by atoms with Gasteiger partial charge in [-0.1, -0.05) is 206 Å². The monoisotopic (exact) mass is 780 g/mol. The Balaban J connectivity index is 1.01. The van der Waals surface area contributed by atoms with Crippen LogP contribution < -0.4 is 0 Å². The summed E-state index contributed by atoms with van der Waals surface area (Å²) in [4.78, 5) is 20.4. The molecule has 61 heavy (non-hydrogen) atoms. The molecule has 0 saturated heterocycles. The average Bonchev–Trinajstić information content (AvgIpc) is 3.76. The fourth-order valence-corrected chi connectivity index (χ4v) is 8.10. The second-order valence-electron chi connectivity index (χ2n) is 15.0. The van der Waals surface area contributed by atoms with Crippen LogP contribution in [0.15, 0.2) is 223 Å². The highest BCUT2D eigenvalue weighted by Crippen LogP contribution is 2.47. The van der Waals surface area contributed by atoms with E-state index in [1.54, 1.807) is 0 Å². The van der Waals surface area contributed by atoms with Crippen LogP contribution in [0.4, 0.5) is 0 Å². The molecule has 8 aromatic carbocycles. The maximum atomic E-state index is 6.98. The summed E-state index contributed by atoms with van der Waals surface area (Å²) in [5.74, 6) is 2.69. The van der Waals surface area contributed by atoms with Crippen molar-refractivity contribution >= 4 is 21.9 Å². The third kappa shape index (κ3) is 6.84. The van der Waals surface area contributed by atoms with Crippen LogP contribution in [0.2, 0.25) is 0 Å². The van der Waals surface area contributed by atoms with E-state index < -0.39 is 0 Å². The molecule has 3 heterocycles. The van der Waals surface area contributed by atoms with Crippen molar-refractivity contribution in [1.82, 2.24) is 19.9 Å². The van der Waals surface area contributed by atoms with Gasteiger partial charge < -0.3 is 4.42 Å². The van der Waals surface area contributed by atoms with E-state index in [0.29, 0.717) is 17.5 Å². The van der Waals surface area contributed by atoms with Gasteiger partial charge in [0.1, 0.15) is 11.3 Å². The van der Waals surface area contributed by atoms with Gasteiger partial charge in [0.25, 0.3) is 0 Å². The summed E-state index contributed by atoms with van der Waals surface area (Å²) in [6.07, 6.45) is 0. The average molecular weight is 781 g/mol. The summed E-state index contributed by atoms with van der Waals surface area (Å²) in [5.41, 5.74) is 13.9. The third-order valence-electron chi connectivity index (χ3n) is 11.2. The molecule has 0 bridgehead atoms. The molecule has 0 aliphatic rings. The number of aromatic nitrogens is 4. The van der Waals surface area contributed by atoms with Gasteiger partial charge in [-0.3, -0.25) is 0 Å². The van der Waals surface area contributed by atoms with Crippen molar-refractivity contribution in [3.8, 4) is 90.1 Å². The van der Waals surface area contributed by atoms with Crippen LogP contribution in [0.25, 0.3) is 112 Å². The molecule has 0 N–H and O–H groups in total. The molecule has 5 heteroatoms. The van der Waals surface area contributed by atoms with Crippen LogP contribution in [-0.2, 0) is 0 Å². The number of rotatable bonds is 8. The number of hydrogen-bond donors (Lipinski definition) is 0. The van der Waals surface area contributed by atoms with Crippen LogP contribution in [0, 0.1) is 0 Å². The van der Waals surface area contributed by atoms with Crippen LogP contribution in [0.5, 0.6) is 0 Å². The van der Waals surface area contributed by atoms with Gasteiger partial charge >= 0.3 is 0 Å². The summed E-state index contributed by atoms with van der Waals surface area (Å²) in [5, 5.41) is 1.96. The molecule has 0 unspecified atom stereocenters. The van der Waals surface area contributed by atoms with Gasteiger partial charge in [0.05, 0.1) is 16.6 Å². The van der Waals surface area contributed by atoms with Crippen molar-refractivity contribution in [2.75, 3.05) is 0 Å². The van der Waals surface area contributed by atoms with E-state index in [9.17, 15) is 0 Å². The summed E-state index contributed by atoms with van der Waals surface area (Å²) in [6, 6.07) is 74.9. The standard InChI is InChI=1S/C56H36N4O/c1-6-16-37(17-7-1)38-26-30-44(31-27-38)55-58-54(43-24-14-5-15-25-43)59-56(60-55)45-32-28-39(29-33-45)46-34-35-47-48(36-46)57-51(41-20-10-3-11-21-41)50-49(40-18-8-2-9-19-40)52(61-53(47)50)42-22-12-4-13-23-42/h1-36H. The third-order valence-corrected chi connectivity index (χ3v) is 11.2. The lowest BCUT2D eigenvalue weighted by molar-refractivity contribution is 0.636. The molecule has 286 valence electrons.